The highest BCUT2D eigenvalue weighted by atomic mass is 19.4. The summed E-state index contributed by atoms with van der Waals surface area (Å²) in [4.78, 5) is 0. The van der Waals surface area contributed by atoms with Crippen LogP contribution in [0.15, 0.2) is 78.9 Å². The van der Waals surface area contributed by atoms with Crippen LogP contribution in [0.4, 0.5) is 39.5 Å². The molecule has 11 heteroatoms. The quantitative estimate of drug-likeness (QED) is 0.200. The molecule has 5 aromatic rings. The van der Waals surface area contributed by atoms with E-state index in [1.807, 2.05) is 0 Å². The molecule has 0 saturated carbocycles. The van der Waals surface area contributed by atoms with E-state index < -0.39 is 57.9 Å². The average Bonchev–Trinajstić information content (AvgIpc) is 3.36. The summed E-state index contributed by atoms with van der Waals surface area (Å²) < 4.78 is 126. The largest absolute Gasteiger partial charge is 0.418 e. The average molecular weight is 578 g/mol. The van der Waals surface area contributed by atoms with Crippen molar-refractivity contribution < 1.29 is 39.5 Å². The number of nitrogens with one attached hydrogen (secondary N) is 1. The number of aromatic nitrogens is 2. The van der Waals surface area contributed by atoms with E-state index in [9.17, 15) is 35.1 Å². The SMILES string of the molecule is Fc1cccc(C(F)c2ccc3c(-c4cccc(CCc5ccccc5C(F)(F)F)c4)n[nH]c3c2C(F)(F)F)c1F. The first-order valence-electron chi connectivity index (χ1n) is 12.3. The topological polar surface area (TPSA) is 28.7 Å². The first kappa shape index (κ1) is 28.3. The van der Waals surface area contributed by atoms with Gasteiger partial charge in [-0.15, -0.1) is 0 Å². The van der Waals surface area contributed by atoms with Gasteiger partial charge in [-0.3, -0.25) is 5.10 Å². The zero-order valence-electron chi connectivity index (χ0n) is 20.8. The third-order valence-corrected chi connectivity index (χ3v) is 6.79. The number of alkyl halides is 7. The van der Waals surface area contributed by atoms with Crippen LogP contribution in [-0.4, -0.2) is 10.2 Å². The molecule has 0 bridgehead atoms. The minimum atomic E-state index is -5.08. The van der Waals surface area contributed by atoms with Gasteiger partial charge in [0, 0.05) is 22.1 Å². The Hall–Kier alpha value is -4.28. The number of aryl methyl sites for hydroxylation is 2. The highest BCUT2D eigenvalue weighted by Gasteiger charge is 2.40. The molecule has 0 fully saturated rings. The smallest absolute Gasteiger partial charge is 0.277 e. The molecule has 212 valence electrons. The Morgan fingerprint density at radius 1 is 0.732 bits per heavy atom. The van der Waals surface area contributed by atoms with Crippen LogP contribution >= 0.6 is 0 Å². The van der Waals surface area contributed by atoms with Crippen molar-refractivity contribution in [3.8, 4) is 11.3 Å². The third-order valence-electron chi connectivity index (χ3n) is 6.79. The van der Waals surface area contributed by atoms with E-state index in [4.69, 9.17) is 0 Å². The van der Waals surface area contributed by atoms with E-state index in [1.54, 1.807) is 24.3 Å². The minimum Gasteiger partial charge on any atom is -0.277 e. The summed E-state index contributed by atoms with van der Waals surface area (Å²) in [7, 11) is 0. The van der Waals surface area contributed by atoms with Gasteiger partial charge in [0.2, 0.25) is 0 Å². The molecule has 1 N–H and O–H groups in total. The zero-order valence-corrected chi connectivity index (χ0v) is 20.8. The summed E-state index contributed by atoms with van der Waals surface area (Å²) >= 11 is 0. The second-order valence-corrected chi connectivity index (χ2v) is 9.38. The Morgan fingerprint density at radius 2 is 1.46 bits per heavy atom. The molecular weight excluding hydrogens is 559 g/mol. The third kappa shape index (κ3) is 5.53. The van der Waals surface area contributed by atoms with Crippen LogP contribution in [0, 0.1) is 11.6 Å². The van der Waals surface area contributed by atoms with E-state index in [1.165, 1.54) is 24.3 Å². The second-order valence-electron chi connectivity index (χ2n) is 9.38. The molecule has 5 rings (SSSR count). The Labute approximate surface area is 227 Å². The molecule has 2 nitrogen and oxygen atoms in total. The van der Waals surface area contributed by atoms with Crippen LogP contribution in [0.2, 0.25) is 0 Å². The van der Waals surface area contributed by atoms with Crippen LogP contribution in [-0.2, 0) is 25.2 Å². The number of nitrogens with zero attached hydrogens (tertiary/aromatic N) is 1. The Kier molecular flexibility index (Phi) is 7.31. The van der Waals surface area contributed by atoms with Crippen molar-refractivity contribution in [3.05, 3.63) is 124 Å². The molecule has 41 heavy (non-hydrogen) atoms. The van der Waals surface area contributed by atoms with Crippen molar-refractivity contribution in [3.63, 3.8) is 0 Å². The highest BCUT2D eigenvalue weighted by molar-refractivity contribution is 5.95. The second kappa shape index (κ2) is 10.6. The maximum Gasteiger partial charge on any atom is 0.418 e. The van der Waals surface area contributed by atoms with Crippen molar-refractivity contribution in [1.82, 2.24) is 10.2 Å². The van der Waals surface area contributed by atoms with Gasteiger partial charge in [0.15, 0.2) is 17.8 Å². The maximum atomic E-state index is 15.3. The summed E-state index contributed by atoms with van der Waals surface area (Å²) in [5.41, 5.74) is -3.29. The fraction of sp³-hybridized carbons (Fsp3) is 0.167. The van der Waals surface area contributed by atoms with Crippen LogP contribution in [0.5, 0.6) is 0 Å². The van der Waals surface area contributed by atoms with Crippen molar-refractivity contribution in [2.24, 2.45) is 0 Å². The lowest BCUT2D eigenvalue weighted by molar-refractivity contribution is -0.138. The number of H-pyrrole nitrogens is 1. The first-order chi connectivity index (χ1) is 19.4. The molecule has 4 aromatic carbocycles. The minimum absolute atomic E-state index is 0.00689. The van der Waals surface area contributed by atoms with Crippen LogP contribution in [0.25, 0.3) is 22.2 Å². The standard InChI is InChI=1S/C30H19F9N2/c31-23-10-4-8-20(26(23)33)25(32)19-13-14-21-27(40-41-28(21)24(19)30(37,38)39)18-7-3-5-16(15-18)11-12-17-6-1-2-9-22(17)29(34,35)36/h1-10,13-15,25H,11-12H2,(H,40,41). The highest BCUT2D eigenvalue weighted by Crippen LogP contribution is 2.44. The van der Waals surface area contributed by atoms with Gasteiger partial charge in [0.05, 0.1) is 22.3 Å². The Morgan fingerprint density at radius 3 is 2.20 bits per heavy atom. The number of halogens is 9. The molecule has 0 saturated heterocycles. The molecule has 0 aliphatic rings. The lowest BCUT2D eigenvalue weighted by atomic mass is 9.93. The van der Waals surface area contributed by atoms with Gasteiger partial charge in [0.1, 0.15) is 0 Å². The molecule has 1 heterocycles. The first-order valence-corrected chi connectivity index (χ1v) is 12.3. The monoisotopic (exact) mass is 578 g/mol. The lowest BCUT2D eigenvalue weighted by Crippen LogP contribution is -2.13. The Bertz CT molecular complexity index is 1720. The molecule has 1 atom stereocenters. The fourth-order valence-electron chi connectivity index (χ4n) is 4.89. The number of hydrogen-bond donors (Lipinski definition) is 1. The molecule has 0 aliphatic heterocycles. The lowest BCUT2D eigenvalue weighted by Gasteiger charge is -2.18. The normalized spacial score (nSPS) is 13.1. The van der Waals surface area contributed by atoms with Crippen LogP contribution in [0.1, 0.15) is 39.6 Å². The summed E-state index contributed by atoms with van der Waals surface area (Å²) in [5, 5.41) is 6.32. The van der Waals surface area contributed by atoms with E-state index in [0.29, 0.717) is 11.1 Å². The molecule has 0 amide bonds. The van der Waals surface area contributed by atoms with Gasteiger partial charge in [-0.25, -0.2) is 13.2 Å². The molecule has 1 unspecified atom stereocenters. The zero-order chi connectivity index (χ0) is 29.5. The molecular formula is C30H19F9N2. The van der Waals surface area contributed by atoms with Crippen molar-refractivity contribution in [2.75, 3.05) is 0 Å². The molecule has 0 radical (unpaired) electrons. The van der Waals surface area contributed by atoms with Gasteiger partial charge in [-0.1, -0.05) is 60.7 Å². The van der Waals surface area contributed by atoms with Gasteiger partial charge in [-0.05, 0) is 42.2 Å². The summed E-state index contributed by atoms with van der Waals surface area (Å²) in [5.74, 6) is -2.99. The van der Waals surface area contributed by atoms with Crippen molar-refractivity contribution in [1.29, 1.82) is 0 Å². The van der Waals surface area contributed by atoms with Crippen molar-refractivity contribution in [2.45, 2.75) is 31.4 Å². The van der Waals surface area contributed by atoms with E-state index in [0.717, 1.165) is 30.3 Å². The molecule has 0 spiro atoms. The van der Waals surface area contributed by atoms with E-state index >= 15 is 4.39 Å². The number of fused-ring (bicyclic) bond motifs is 1. The van der Waals surface area contributed by atoms with Crippen molar-refractivity contribution >= 4 is 10.9 Å². The summed E-state index contributed by atoms with van der Waals surface area (Å²) in [6.07, 6.45) is -11.9. The predicted molar refractivity (Wildman–Crippen MR) is 135 cm³/mol. The maximum absolute atomic E-state index is 15.3. The van der Waals surface area contributed by atoms with Gasteiger partial charge >= 0.3 is 12.4 Å². The number of rotatable bonds is 6. The van der Waals surface area contributed by atoms with Crippen LogP contribution < -0.4 is 0 Å². The molecule has 1 aromatic heterocycles. The molecule has 0 aliphatic carbocycles. The summed E-state index contributed by atoms with van der Waals surface area (Å²) in [6, 6.07) is 16.3. The van der Waals surface area contributed by atoms with E-state index in [2.05, 4.69) is 10.2 Å². The van der Waals surface area contributed by atoms with Gasteiger partial charge in [-0.2, -0.15) is 31.4 Å². The van der Waals surface area contributed by atoms with Gasteiger partial charge in [0.25, 0.3) is 0 Å². The van der Waals surface area contributed by atoms with Crippen LogP contribution in [0.3, 0.4) is 0 Å². The Balaban J connectivity index is 1.52. The predicted octanol–water partition coefficient (Wildman–Crippen LogP) is 9.39. The number of aromatic amines is 1. The number of benzene rings is 4. The number of hydrogen-bond acceptors (Lipinski definition) is 1. The van der Waals surface area contributed by atoms with E-state index in [-0.39, 0.29) is 29.5 Å². The van der Waals surface area contributed by atoms with Gasteiger partial charge < -0.3 is 0 Å². The fourth-order valence-corrected chi connectivity index (χ4v) is 4.89. The summed E-state index contributed by atoms with van der Waals surface area (Å²) in [6.45, 7) is 0.